The van der Waals surface area contributed by atoms with Crippen molar-refractivity contribution in [3.8, 4) is 11.1 Å². The molecule has 0 fully saturated rings. The van der Waals surface area contributed by atoms with Gasteiger partial charge in [-0.15, -0.1) is 0 Å². The molecule has 0 nitrogen and oxygen atoms in total. The maximum Gasteiger partial charge on any atom is 0.416 e. The highest BCUT2D eigenvalue weighted by Gasteiger charge is 2.31. The first kappa shape index (κ1) is 14.2. The normalized spacial score (nSPS) is 11.7. The minimum absolute atomic E-state index is 0.123. The van der Waals surface area contributed by atoms with Crippen LogP contribution in [0.4, 0.5) is 17.6 Å². The van der Waals surface area contributed by atoms with E-state index in [9.17, 15) is 17.6 Å². The molecule has 0 amide bonds. The molecule has 0 spiro atoms. The van der Waals surface area contributed by atoms with Crippen LogP contribution in [0.1, 0.15) is 5.56 Å². The maximum absolute atomic E-state index is 13.7. The second-order valence-electron chi connectivity index (χ2n) is 3.82. The average Bonchev–Trinajstić information content (AvgIpc) is 2.32. The predicted molar refractivity (Wildman–Crippen MR) is 66.9 cm³/mol. The molecule has 0 heterocycles. The first-order valence-electron chi connectivity index (χ1n) is 5.11. The van der Waals surface area contributed by atoms with Crippen molar-refractivity contribution < 1.29 is 17.6 Å². The van der Waals surface area contributed by atoms with E-state index in [1.54, 1.807) is 0 Å². The molecule has 0 N–H and O–H groups in total. The van der Waals surface area contributed by atoms with Gasteiger partial charge < -0.3 is 0 Å². The van der Waals surface area contributed by atoms with Crippen LogP contribution in [0.15, 0.2) is 36.4 Å². The largest absolute Gasteiger partial charge is 0.416 e. The lowest BCUT2D eigenvalue weighted by Gasteiger charge is -2.11. The number of hydrogen-bond donors (Lipinski definition) is 0. The second-order valence-corrected chi connectivity index (χ2v) is 4.66. The fraction of sp³-hybridized carbons (Fsp3) is 0.0769. The molecule has 0 radical (unpaired) electrons. The van der Waals surface area contributed by atoms with Gasteiger partial charge in [0.05, 0.1) is 5.56 Å². The number of halogens is 6. The van der Waals surface area contributed by atoms with Crippen molar-refractivity contribution in [2.24, 2.45) is 0 Å². The van der Waals surface area contributed by atoms with E-state index >= 15 is 0 Å². The minimum atomic E-state index is -4.55. The van der Waals surface area contributed by atoms with E-state index in [4.69, 9.17) is 23.2 Å². The van der Waals surface area contributed by atoms with Crippen LogP contribution in [-0.4, -0.2) is 0 Å². The standard InChI is InChI=1S/C13H6Cl2F4/c14-8-2-3-11(15)9(6-8)10-5-7(13(17,18)19)1-4-12(10)16/h1-6H. The molecule has 0 saturated heterocycles. The van der Waals surface area contributed by atoms with E-state index in [0.717, 1.165) is 6.07 Å². The van der Waals surface area contributed by atoms with E-state index in [0.29, 0.717) is 12.1 Å². The summed E-state index contributed by atoms with van der Waals surface area (Å²) in [5, 5.41) is 0.388. The van der Waals surface area contributed by atoms with Crippen LogP contribution >= 0.6 is 23.2 Å². The molecule has 0 aliphatic heterocycles. The Labute approximate surface area is 116 Å². The lowest BCUT2D eigenvalue weighted by molar-refractivity contribution is -0.137. The third kappa shape index (κ3) is 3.01. The van der Waals surface area contributed by atoms with E-state index in [1.807, 2.05) is 0 Å². The highest BCUT2D eigenvalue weighted by atomic mass is 35.5. The van der Waals surface area contributed by atoms with Gasteiger partial charge in [0.1, 0.15) is 5.82 Å². The lowest BCUT2D eigenvalue weighted by Crippen LogP contribution is -2.05. The summed E-state index contributed by atoms with van der Waals surface area (Å²) < 4.78 is 51.5. The Morgan fingerprint density at radius 2 is 1.53 bits per heavy atom. The Bertz CT molecular complexity index is 621. The van der Waals surface area contributed by atoms with E-state index < -0.39 is 17.6 Å². The van der Waals surface area contributed by atoms with Crippen molar-refractivity contribution in [1.82, 2.24) is 0 Å². The first-order valence-corrected chi connectivity index (χ1v) is 5.87. The Morgan fingerprint density at radius 1 is 0.842 bits per heavy atom. The number of benzene rings is 2. The zero-order valence-electron chi connectivity index (χ0n) is 9.23. The Balaban J connectivity index is 2.64. The van der Waals surface area contributed by atoms with Crippen molar-refractivity contribution in [3.05, 3.63) is 57.8 Å². The summed E-state index contributed by atoms with van der Waals surface area (Å²) in [5.41, 5.74) is -1.06. The fourth-order valence-corrected chi connectivity index (χ4v) is 2.00. The van der Waals surface area contributed by atoms with Crippen LogP contribution in [-0.2, 0) is 6.18 Å². The van der Waals surface area contributed by atoms with Crippen LogP contribution in [0.3, 0.4) is 0 Å². The van der Waals surface area contributed by atoms with E-state index in [1.165, 1.54) is 18.2 Å². The lowest BCUT2D eigenvalue weighted by atomic mass is 10.0. The Morgan fingerprint density at radius 3 is 2.16 bits per heavy atom. The zero-order chi connectivity index (χ0) is 14.2. The van der Waals surface area contributed by atoms with Crippen LogP contribution in [0, 0.1) is 5.82 Å². The summed E-state index contributed by atoms with van der Waals surface area (Å²) in [6.45, 7) is 0. The monoisotopic (exact) mass is 308 g/mol. The van der Waals surface area contributed by atoms with Gasteiger partial charge in [0.15, 0.2) is 0 Å². The molecule has 2 aromatic carbocycles. The summed E-state index contributed by atoms with van der Waals surface area (Å²) in [6.07, 6.45) is -4.55. The summed E-state index contributed by atoms with van der Waals surface area (Å²) >= 11 is 11.6. The van der Waals surface area contributed by atoms with Gasteiger partial charge in [-0.1, -0.05) is 23.2 Å². The summed E-state index contributed by atoms with van der Waals surface area (Å²) in [5.74, 6) is -0.794. The third-order valence-corrected chi connectivity index (χ3v) is 3.08. The van der Waals surface area contributed by atoms with Crippen LogP contribution in [0.2, 0.25) is 10.0 Å². The summed E-state index contributed by atoms with van der Waals surface area (Å²) in [6, 6.07) is 6.35. The number of rotatable bonds is 1. The van der Waals surface area contributed by atoms with Gasteiger partial charge in [0.2, 0.25) is 0 Å². The molecule has 100 valence electrons. The molecule has 0 aliphatic rings. The molecule has 19 heavy (non-hydrogen) atoms. The van der Waals surface area contributed by atoms with Crippen LogP contribution in [0.5, 0.6) is 0 Å². The molecule has 6 heteroatoms. The highest BCUT2D eigenvalue weighted by molar-refractivity contribution is 6.35. The van der Waals surface area contributed by atoms with Gasteiger partial charge in [0.25, 0.3) is 0 Å². The van der Waals surface area contributed by atoms with E-state index in [-0.39, 0.29) is 21.2 Å². The van der Waals surface area contributed by atoms with Crippen molar-refractivity contribution in [2.75, 3.05) is 0 Å². The SMILES string of the molecule is Fc1ccc(C(F)(F)F)cc1-c1cc(Cl)ccc1Cl. The van der Waals surface area contributed by atoms with Crippen molar-refractivity contribution in [1.29, 1.82) is 0 Å². The van der Waals surface area contributed by atoms with Crippen molar-refractivity contribution in [3.63, 3.8) is 0 Å². The zero-order valence-corrected chi connectivity index (χ0v) is 10.7. The molecule has 2 aromatic rings. The van der Waals surface area contributed by atoms with Crippen LogP contribution < -0.4 is 0 Å². The summed E-state index contributed by atoms with van der Waals surface area (Å²) in [7, 11) is 0. The molecule has 0 bridgehead atoms. The first-order chi connectivity index (χ1) is 8.79. The molecular formula is C13H6Cl2F4. The second kappa shape index (κ2) is 5.02. The smallest absolute Gasteiger partial charge is 0.206 e. The molecule has 0 aromatic heterocycles. The molecule has 0 aliphatic carbocycles. The molecule has 2 rings (SSSR count). The quantitative estimate of drug-likeness (QED) is 0.582. The van der Waals surface area contributed by atoms with Gasteiger partial charge in [-0.05, 0) is 36.4 Å². The topological polar surface area (TPSA) is 0 Å². The van der Waals surface area contributed by atoms with Gasteiger partial charge in [-0.25, -0.2) is 4.39 Å². The van der Waals surface area contributed by atoms with E-state index in [2.05, 4.69) is 0 Å². The van der Waals surface area contributed by atoms with Crippen molar-refractivity contribution >= 4 is 23.2 Å². The molecular weight excluding hydrogens is 303 g/mol. The van der Waals surface area contributed by atoms with Gasteiger partial charge in [-0.2, -0.15) is 13.2 Å². The van der Waals surface area contributed by atoms with Gasteiger partial charge in [0, 0.05) is 21.2 Å². The predicted octanol–water partition coefficient (Wildman–Crippen LogP) is 5.82. The maximum atomic E-state index is 13.7. The molecule has 0 atom stereocenters. The van der Waals surface area contributed by atoms with Crippen LogP contribution in [0.25, 0.3) is 11.1 Å². The molecule has 0 unspecified atom stereocenters. The number of alkyl halides is 3. The number of hydrogen-bond acceptors (Lipinski definition) is 0. The Kier molecular flexibility index (Phi) is 3.74. The van der Waals surface area contributed by atoms with Crippen molar-refractivity contribution in [2.45, 2.75) is 6.18 Å². The Hall–Kier alpha value is -1.26. The van der Waals surface area contributed by atoms with Gasteiger partial charge in [-0.3, -0.25) is 0 Å². The average molecular weight is 309 g/mol. The molecule has 0 saturated carbocycles. The summed E-state index contributed by atoms with van der Waals surface area (Å²) in [4.78, 5) is 0. The fourth-order valence-electron chi connectivity index (χ4n) is 1.61. The third-order valence-electron chi connectivity index (χ3n) is 2.51. The minimum Gasteiger partial charge on any atom is -0.206 e. The highest BCUT2D eigenvalue weighted by Crippen LogP contribution is 2.36. The van der Waals surface area contributed by atoms with Gasteiger partial charge >= 0.3 is 6.18 Å².